The van der Waals surface area contributed by atoms with Crippen molar-refractivity contribution in [2.75, 3.05) is 6.61 Å². The highest BCUT2D eigenvalue weighted by Gasteiger charge is 2.10. The van der Waals surface area contributed by atoms with Crippen LogP contribution in [0.5, 0.6) is 5.75 Å². The van der Waals surface area contributed by atoms with Gasteiger partial charge in [-0.1, -0.05) is 25.1 Å². The number of hydrogen-bond donors (Lipinski definition) is 0. The SMILES string of the molecule is CCC(COc1ccccc1C)OC(C)=O. The molecular weight excluding hydrogens is 204 g/mol. The Morgan fingerprint density at radius 2 is 2.06 bits per heavy atom. The molecular formula is C13H18O3. The summed E-state index contributed by atoms with van der Waals surface area (Å²) in [5.74, 6) is 0.577. The van der Waals surface area contributed by atoms with Crippen LogP contribution in [0.4, 0.5) is 0 Å². The van der Waals surface area contributed by atoms with Gasteiger partial charge in [-0.05, 0) is 25.0 Å². The van der Waals surface area contributed by atoms with E-state index in [4.69, 9.17) is 9.47 Å². The van der Waals surface area contributed by atoms with Gasteiger partial charge in [0.15, 0.2) is 0 Å². The van der Waals surface area contributed by atoms with Gasteiger partial charge in [-0.3, -0.25) is 4.79 Å². The molecule has 88 valence electrons. The summed E-state index contributed by atoms with van der Waals surface area (Å²) in [5, 5.41) is 0. The molecule has 0 radical (unpaired) electrons. The van der Waals surface area contributed by atoms with Crippen molar-refractivity contribution in [3.05, 3.63) is 29.8 Å². The Balaban J connectivity index is 2.49. The average molecular weight is 222 g/mol. The molecule has 1 rings (SSSR count). The third-order valence-electron chi connectivity index (χ3n) is 2.31. The molecule has 1 unspecified atom stereocenters. The summed E-state index contributed by atoms with van der Waals surface area (Å²) in [4.78, 5) is 10.8. The van der Waals surface area contributed by atoms with Gasteiger partial charge in [0.1, 0.15) is 18.5 Å². The molecule has 0 aliphatic rings. The van der Waals surface area contributed by atoms with Crippen LogP contribution >= 0.6 is 0 Å². The number of carbonyl (C=O) groups excluding carboxylic acids is 1. The lowest BCUT2D eigenvalue weighted by Gasteiger charge is -2.16. The van der Waals surface area contributed by atoms with Crippen molar-refractivity contribution in [1.82, 2.24) is 0 Å². The molecule has 0 N–H and O–H groups in total. The van der Waals surface area contributed by atoms with E-state index in [0.717, 1.165) is 17.7 Å². The van der Waals surface area contributed by atoms with Crippen molar-refractivity contribution in [3.8, 4) is 5.75 Å². The van der Waals surface area contributed by atoms with E-state index >= 15 is 0 Å². The molecule has 0 bridgehead atoms. The molecule has 16 heavy (non-hydrogen) atoms. The Morgan fingerprint density at radius 3 is 2.62 bits per heavy atom. The molecule has 0 fully saturated rings. The Labute approximate surface area is 96.4 Å². The maximum absolute atomic E-state index is 10.8. The van der Waals surface area contributed by atoms with E-state index in [0.29, 0.717) is 6.61 Å². The predicted octanol–water partition coefficient (Wildman–Crippen LogP) is 2.72. The van der Waals surface area contributed by atoms with Crippen LogP contribution in [0.25, 0.3) is 0 Å². The molecule has 0 amide bonds. The quantitative estimate of drug-likeness (QED) is 0.718. The molecule has 0 aliphatic heterocycles. The van der Waals surface area contributed by atoms with Crippen LogP contribution in [0.1, 0.15) is 25.8 Å². The molecule has 0 aliphatic carbocycles. The van der Waals surface area contributed by atoms with Crippen LogP contribution < -0.4 is 4.74 Å². The van der Waals surface area contributed by atoms with Crippen LogP contribution in [0.2, 0.25) is 0 Å². The molecule has 0 saturated carbocycles. The van der Waals surface area contributed by atoms with Crippen molar-refractivity contribution in [3.63, 3.8) is 0 Å². The zero-order chi connectivity index (χ0) is 12.0. The van der Waals surface area contributed by atoms with Crippen LogP contribution in [0.3, 0.4) is 0 Å². The first-order chi connectivity index (χ1) is 7.63. The second-order valence-electron chi connectivity index (χ2n) is 3.72. The molecule has 3 heteroatoms. The number of rotatable bonds is 5. The van der Waals surface area contributed by atoms with Crippen molar-refractivity contribution in [1.29, 1.82) is 0 Å². The number of esters is 1. The van der Waals surface area contributed by atoms with Crippen molar-refractivity contribution >= 4 is 5.97 Å². The third-order valence-corrected chi connectivity index (χ3v) is 2.31. The van der Waals surface area contributed by atoms with Crippen molar-refractivity contribution in [2.45, 2.75) is 33.3 Å². The van der Waals surface area contributed by atoms with Gasteiger partial charge in [0, 0.05) is 6.92 Å². The molecule has 0 spiro atoms. The lowest BCUT2D eigenvalue weighted by molar-refractivity contribution is -0.147. The van der Waals surface area contributed by atoms with Gasteiger partial charge in [0.25, 0.3) is 0 Å². The number of hydrogen-bond acceptors (Lipinski definition) is 3. The monoisotopic (exact) mass is 222 g/mol. The lowest BCUT2D eigenvalue weighted by Crippen LogP contribution is -2.23. The number of carbonyl (C=O) groups is 1. The van der Waals surface area contributed by atoms with E-state index in [-0.39, 0.29) is 12.1 Å². The maximum Gasteiger partial charge on any atom is 0.303 e. The first kappa shape index (κ1) is 12.6. The molecule has 1 aromatic carbocycles. The lowest BCUT2D eigenvalue weighted by atomic mass is 10.2. The highest BCUT2D eigenvalue weighted by molar-refractivity contribution is 5.66. The molecule has 1 aromatic rings. The zero-order valence-electron chi connectivity index (χ0n) is 10.0. The Hall–Kier alpha value is -1.51. The van der Waals surface area contributed by atoms with Crippen LogP contribution in [0, 0.1) is 6.92 Å². The molecule has 0 aromatic heterocycles. The fourth-order valence-corrected chi connectivity index (χ4v) is 1.37. The van der Waals surface area contributed by atoms with Crippen molar-refractivity contribution < 1.29 is 14.3 Å². The summed E-state index contributed by atoms with van der Waals surface area (Å²) < 4.78 is 10.7. The van der Waals surface area contributed by atoms with Gasteiger partial charge >= 0.3 is 5.97 Å². The standard InChI is InChI=1S/C13H18O3/c1-4-12(16-11(3)14)9-15-13-8-6-5-7-10(13)2/h5-8,12H,4,9H2,1-3H3. The number of ether oxygens (including phenoxy) is 2. The molecule has 0 saturated heterocycles. The Bertz CT molecular complexity index is 347. The highest BCUT2D eigenvalue weighted by Crippen LogP contribution is 2.16. The van der Waals surface area contributed by atoms with Gasteiger partial charge in [0.05, 0.1) is 0 Å². The number of aryl methyl sites for hydroxylation is 1. The normalized spacial score (nSPS) is 11.9. The van der Waals surface area contributed by atoms with E-state index in [2.05, 4.69) is 0 Å². The summed E-state index contributed by atoms with van der Waals surface area (Å²) in [7, 11) is 0. The molecule has 1 atom stereocenters. The fraction of sp³-hybridized carbons (Fsp3) is 0.462. The van der Waals surface area contributed by atoms with E-state index in [1.165, 1.54) is 6.92 Å². The zero-order valence-corrected chi connectivity index (χ0v) is 10.0. The fourth-order valence-electron chi connectivity index (χ4n) is 1.37. The first-order valence-corrected chi connectivity index (χ1v) is 5.49. The number of para-hydroxylation sites is 1. The first-order valence-electron chi connectivity index (χ1n) is 5.49. The molecule has 3 nitrogen and oxygen atoms in total. The summed E-state index contributed by atoms with van der Waals surface area (Å²) in [6, 6.07) is 7.79. The van der Waals surface area contributed by atoms with Gasteiger partial charge in [-0.25, -0.2) is 0 Å². The highest BCUT2D eigenvalue weighted by atomic mass is 16.6. The van der Waals surface area contributed by atoms with E-state index in [1.807, 2.05) is 38.1 Å². The van der Waals surface area contributed by atoms with Crippen molar-refractivity contribution in [2.24, 2.45) is 0 Å². The summed E-state index contributed by atoms with van der Waals surface area (Å²) >= 11 is 0. The van der Waals surface area contributed by atoms with Crippen LogP contribution in [-0.2, 0) is 9.53 Å². The minimum atomic E-state index is -0.264. The molecule has 0 heterocycles. The van der Waals surface area contributed by atoms with E-state index < -0.39 is 0 Å². The van der Waals surface area contributed by atoms with Crippen LogP contribution in [0.15, 0.2) is 24.3 Å². The second kappa shape index (κ2) is 6.16. The second-order valence-corrected chi connectivity index (χ2v) is 3.72. The number of benzene rings is 1. The minimum absolute atomic E-state index is 0.169. The van der Waals surface area contributed by atoms with Gasteiger partial charge in [-0.2, -0.15) is 0 Å². The maximum atomic E-state index is 10.8. The smallest absolute Gasteiger partial charge is 0.303 e. The Morgan fingerprint density at radius 1 is 1.38 bits per heavy atom. The van der Waals surface area contributed by atoms with E-state index in [9.17, 15) is 4.79 Å². The predicted molar refractivity (Wildman–Crippen MR) is 62.5 cm³/mol. The summed E-state index contributed by atoms with van der Waals surface area (Å²) in [5.41, 5.74) is 1.08. The largest absolute Gasteiger partial charge is 0.489 e. The van der Waals surface area contributed by atoms with Gasteiger partial charge < -0.3 is 9.47 Å². The average Bonchev–Trinajstić information content (AvgIpc) is 2.25. The summed E-state index contributed by atoms with van der Waals surface area (Å²) in [6.45, 7) is 5.77. The van der Waals surface area contributed by atoms with Gasteiger partial charge in [-0.15, -0.1) is 0 Å². The Kier molecular flexibility index (Phi) is 4.83. The summed E-state index contributed by atoms with van der Waals surface area (Å²) in [6.07, 6.45) is 0.586. The van der Waals surface area contributed by atoms with Gasteiger partial charge in [0.2, 0.25) is 0 Å². The minimum Gasteiger partial charge on any atom is -0.489 e. The topological polar surface area (TPSA) is 35.5 Å². The third kappa shape index (κ3) is 3.93. The van der Waals surface area contributed by atoms with E-state index in [1.54, 1.807) is 0 Å². The van der Waals surface area contributed by atoms with Crippen LogP contribution in [-0.4, -0.2) is 18.7 Å².